The molecule has 5 heteroatoms. The van der Waals surface area contributed by atoms with Gasteiger partial charge in [-0.1, -0.05) is 36.4 Å². The first-order valence-corrected chi connectivity index (χ1v) is 6.49. The second-order valence-corrected chi connectivity index (χ2v) is 4.77. The van der Waals surface area contributed by atoms with Crippen molar-refractivity contribution in [1.82, 2.24) is 5.32 Å². The predicted molar refractivity (Wildman–Crippen MR) is 73.3 cm³/mol. The lowest BCUT2D eigenvalue weighted by Crippen LogP contribution is -2.19. The van der Waals surface area contributed by atoms with Gasteiger partial charge in [0, 0.05) is 6.04 Å². The van der Waals surface area contributed by atoms with Crippen molar-refractivity contribution in [3.05, 3.63) is 71.0 Å². The van der Waals surface area contributed by atoms with Crippen molar-refractivity contribution >= 4 is 0 Å². The van der Waals surface area contributed by atoms with Gasteiger partial charge in [-0.3, -0.25) is 0 Å². The Bertz CT molecular complexity index is 593. The number of rotatable bonds is 4. The van der Waals surface area contributed by atoms with Gasteiger partial charge in [-0.2, -0.15) is 13.2 Å². The normalized spacial score (nSPS) is 13.2. The number of halogens is 4. The Morgan fingerprint density at radius 2 is 1.71 bits per heavy atom. The maximum absolute atomic E-state index is 13.6. The van der Waals surface area contributed by atoms with Crippen molar-refractivity contribution in [1.29, 1.82) is 0 Å². The lowest BCUT2D eigenvalue weighted by molar-refractivity contribution is -0.140. The van der Waals surface area contributed by atoms with Gasteiger partial charge in [-0.25, -0.2) is 4.39 Å². The summed E-state index contributed by atoms with van der Waals surface area (Å²) in [5.41, 5.74) is 0.282. The molecule has 1 atom stereocenters. The molecular formula is C16H15F4N. The third-order valence-corrected chi connectivity index (χ3v) is 3.33. The van der Waals surface area contributed by atoms with E-state index >= 15 is 0 Å². The van der Waals surface area contributed by atoms with Crippen LogP contribution in [-0.2, 0) is 12.6 Å². The molecule has 21 heavy (non-hydrogen) atoms. The molecule has 2 aromatic carbocycles. The molecule has 0 bridgehead atoms. The fourth-order valence-electron chi connectivity index (χ4n) is 2.21. The summed E-state index contributed by atoms with van der Waals surface area (Å²) in [4.78, 5) is 0. The maximum Gasteiger partial charge on any atom is 0.419 e. The van der Waals surface area contributed by atoms with E-state index in [1.807, 2.05) is 30.3 Å². The molecule has 1 unspecified atom stereocenters. The summed E-state index contributed by atoms with van der Waals surface area (Å²) in [6.45, 7) is 0. The van der Waals surface area contributed by atoms with Gasteiger partial charge in [0.2, 0.25) is 0 Å². The summed E-state index contributed by atoms with van der Waals surface area (Å²) >= 11 is 0. The molecule has 0 saturated heterocycles. The molecule has 0 fully saturated rings. The predicted octanol–water partition coefficient (Wildman–Crippen LogP) is 4.35. The van der Waals surface area contributed by atoms with Crippen LogP contribution in [0, 0.1) is 5.82 Å². The molecule has 1 nitrogen and oxygen atoms in total. The second-order valence-electron chi connectivity index (χ2n) is 4.77. The van der Waals surface area contributed by atoms with E-state index in [-0.39, 0.29) is 6.04 Å². The minimum absolute atomic E-state index is 0.246. The van der Waals surface area contributed by atoms with Gasteiger partial charge in [0.15, 0.2) is 0 Å². The van der Waals surface area contributed by atoms with E-state index in [0.717, 1.165) is 17.7 Å². The fourth-order valence-corrected chi connectivity index (χ4v) is 2.21. The van der Waals surface area contributed by atoms with E-state index in [1.165, 1.54) is 6.07 Å². The van der Waals surface area contributed by atoms with Crippen LogP contribution in [0.2, 0.25) is 0 Å². The Kier molecular flexibility index (Phi) is 4.63. The lowest BCUT2D eigenvalue weighted by Gasteiger charge is -2.18. The first kappa shape index (κ1) is 15.5. The Labute approximate surface area is 120 Å². The van der Waals surface area contributed by atoms with Crippen molar-refractivity contribution in [2.75, 3.05) is 7.05 Å². The lowest BCUT2D eigenvalue weighted by atomic mass is 9.97. The molecule has 0 saturated carbocycles. The molecule has 0 aliphatic carbocycles. The van der Waals surface area contributed by atoms with E-state index in [9.17, 15) is 17.6 Å². The number of hydrogen-bond acceptors (Lipinski definition) is 1. The average Bonchev–Trinajstić information content (AvgIpc) is 2.44. The SMILES string of the molecule is CNC(Cc1ccccc1)c1ccc(C(F)(F)F)c(F)c1. The number of hydrogen-bond donors (Lipinski definition) is 1. The molecule has 0 aliphatic heterocycles. The summed E-state index contributed by atoms with van der Waals surface area (Å²) < 4.78 is 51.3. The topological polar surface area (TPSA) is 12.0 Å². The van der Waals surface area contributed by atoms with Crippen LogP contribution in [0.3, 0.4) is 0 Å². The summed E-state index contributed by atoms with van der Waals surface area (Å²) in [5, 5.41) is 3.00. The molecule has 0 spiro atoms. The monoisotopic (exact) mass is 297 g/mol. The minimum atomic E-state index is -4.67. The molecule has 0 aliphatic rings. The van der Waals surface area contributed by atoms with Crippen molar-refractivity contribution < 1.29 is 17.6 Å². The Balaban J connectivity index is 2.25. The Morgan fingerprint density at radius 3 is 2.24 bits per heavy atom. The Morgan fingerprint density at radius 1 is 1.05 bits per heavy atom. The zero-order valence-corrected chi connectivity index (χ0v) is 11.4. The molecule has 0 heterocycles. The zero-order valence-electron chi connectivity index (χ0n) is 11.4. The second kappa shape index (κ2) is 6.26. The minimum Gasteiger partial charge on any atom is -0.313 e. The Hall–Kier alpha value is -1.88. The van der Waals surface area contributed by atoms with Crippen molar-refractivity contribution in [2.24, 2.45) is 0 Å². The van der Waals surface area contributed by atoms with Crippen LogP contribution in [0.4, 0.5) is 17.6 Å². The summed E-state index contributed by atoms with van der Waals surface area (Å²) in [7, 11) is 1.70. The number of alkyl halides is 3. The van der Waals surface area contributed by atoms with Crippen LogP contribution in [-0.4, -0.2) is 7.05 Å². The highest BCUT2D eigenvalue weighted by Gasteiger charge is 2.34. The average molecular weight is 297 g/mol. The quantitative estimate of drug-likeness (QED) is 0.827. The first-order valence-electron chi connectivity index (χ1n) is 6.49. The summed E-state index contributed by atoms with van der Waals surface area (Å²) in [5.74, 6) is -1.24. The fraction of sp³-hybridized carbons (Fsp3) is 0.250. The maximum atomic E-state index is 13.6. The third-order valence-electron chi connectivity index (χ3n) is 3.33. The molecule has 2 aromatic rings. The van der Waals surface area contributed by atoms with Crippen LogP contribution >= 0.6 is 0 Å². The summed E-state index contributed by atoms with van der Waals surface area (Å²) in [6.07, 6.45) is -4.10. The smallest absolute Gasteiger partial charge is 0.313 e. The van der Waals surface area contributed by atoms with E-state index < -0.39 is 17.6 Å². The molecule has 0 radical (unpaired) electrons. The third kappa shape index (κ3) is 3.82. The molecule has 0 aromatic heterocycles. The number of benzene rings is 2. The van der Waals surface area contributed by atoms with Crippen LogP contribution in [0.25, 0.3) is 0 Å². The van der Waals surface area contributed by atoms with Gasteiger partial charge in [0.1, 0.15) is 5.82 Å². The van der Waals surface area contributed by atoms with E-state index in [0.29, 0.717) is 12.0 Å². The standard InChI is InChI=1S/C16H15F4N/c1-21-15(9-11-5-3-2-4-6-11)12-7-8-13(14(17)10-12)16(18,19)20/h2-8,10,15,21H,9H2,1H3. The van der Waals surface area contributed by atoms with E-state index in [2.05, 4.69) is 5.32 Å². The van der Waals surface area contributed by atoms with Gasteiger partial charge < -0.3 is 5.32 Å². The zero-order chi connectivity index (χ0) is 15.5. The molecule has 0 amide bonds. The van der Waals surface area contributed by atoms with Crippen molar-refractivity contribution in [2.45, 2.75) is 18.6 Å². The highest BCUT2D eigenvalue weighted by molar-refractivity contribution is 5.30. The summed E-state index contributed by atoms with van der Waals surface area (Å²) in [6, 6.07) is 12.3. The molecule has 112 valence electrons. The molecular weight excluding hydrogens is 282 g/mol. The largest absolute Gasteiger partial charge is 0.419 e. The van der Waals surface area contributed by atoms with Gasteiger partial charge in [-0.15, -0.1) is 0 Å². The molecule has 2 rings (SSSR count). The van der Waals surface area contributed by atoms with E-state index in [1.54, 1.807) is 7.05 Å². The first-order chi connectivity index (χ1) is 9.91. The molecule has 1 N–H and O–H groups in total. The van der Waals surface area contributed by atoms with Crippen LogP contribution < -0.4 is 5.32 Å². The highest BCUT2D eigenvalue weighted by atomic mass is 19.4. The van der Waals surface area contributed by atoms with Crippen molar-refractivity contribution in [3.63, 3.8) is 0 Å². The van der Waals surface area contributed by atoms with Crippen LogP contribution in [0.15, 0.2) is 48.5 Å². The van der Waals surface area contributed by atoms with Gasteiger partial charge >= 0.3 is 6.18 Å². The number of nitrogens with one attached hydrogen (secondary N) is 1. The van der Waals surface area contributed by atoms with Crippen molar-refractivity contribution in [3.8, 4) is 0 Å². The number of likely N-dealkylation sites (N-methyl/N-ethyl adjacent to an activating group) is 1. The van der Waals surface area contributed by atoms with Gasteiger partial charge in [0.05, 0.1) is 5.56 Å². The highest BCUT2D eigenvalue weighted by Crippen LogP contribution is 2.32. The van der Waals surface area contributed by atoms with Crippen LogP contribution in [0.1, 0.15) is 22.7 Å². The van der Waals surface area contributed by atoms with E-state index in [4.69, 9.17) is 0 Å². The van der Waals surface area contributed by atoms with Gasteiger partial charge in [-0.05, 0) is 36.7 Å². The van der Waals surface area contributed by atoms with Crippen LogP contribution in [0.5, 0.6) is 0 Å². The van der Waals surface area contributed by atoms with Gasteiger partial charge in [0.25, 0.3) is 0 Å².